The molecule has 0 aromatic carbocycles. The van der Waals surface area contributed by atoms with Crippen LogP contribution < -0.4 is 0 Å². The van der Waals surface area contributed by atoms with Crippen molar-refractivity contribution >= 4 is 8.80 Å². The smallest absolute Gasteiger partial charge is 0.104 e. The summed E-state index contributed by atoms with van der Waals surface area (Å²) in [6.07, 6.45) is 1.70. The van der Waals surface area contributed by atoms with Crippen LogP contribution in [-0.2, 0) is 9.47 Å². The van der Waals surface area contributed by atoms with Crippen molar-refractivity contribution in [3.8, 4) is 0 Å². The van der Waals surface area contributed by atoms with E-state index in [0.717, 1.165) is 19.8 Å². The van der Waals surface area contributed by atoms with Crippen LogP contribution in [-0.4, -0.2) is 34.7 Å². The van der Waals surface area contributed by atoms with Crippen molar-refractivity contribution in [2.24, 2.45) is 0 Å². The van der Waals surface area contributed by atoms with E-state index in [1.54, 1.807) is 0 Å². The summed E-state index contributed by atoms with van der Waals surface area (Å²) in [6, 6.07) is 4.35. The van der Waals surface area contributed by atoms with Crippen LogP contribution in [0.4, 0.5) is 0 Å². The molecule has 1 aliphatic rings. The second-order valence-corrected chi connectivity index (χ2v) is 7.80. The Morgan fingerprint density at radius 2 is 2.08 bits per heavy atom. The van der Waals surface area contributed by atoms with Crippen molar-refractivity contribution in [1.29, 1.82) is 0 Å². The minimum Gasteiger partial charge on any atom is -0.379 e. The lowest BCUT2D eigenvalue weighted by molar-refractivity contribution is 0.117. The highest BCUT2D eigenvalue weighted by Gasteiger charge is 2.21. The second kappa shape index (κ2) is 6.57. The molecule has 2 nitrogen and oxygen atoms in total. The molecule has 0 radical (unpaired) electrons. The zero-order chi connectivity index (χ0) is 9.52. The molecule has 0 aromatic heterocycles. The predicted molar refractivity (Wildman–Crippen MR) is 58.1 cm³/mol. The Kier molecular flexibility index (Phi) is 5.67. The Morgan fingerprint density at radius 1 is 1.38 bits per heavy atom. The molecule has 0 amide bonds. The van der Waals surface area contributed by atoms with Crippen molar-refractivity contribution in [1.82, 2.24) is 0 Å². The van der Waals surface area contributed by atoms with Crippen molar-refractivity contribution in [2.45, 2.75) is 44.5 Å². The van der Waals surface area contributed by atoms with Gasteiger partial charge in [0.1, 0.15) is 6.10 Å². The van der Waals surface area contributed by atoms with Crippen LogP contribution >= 0.6 is 0 Å². The molecule has 1 atom stereocenters. The van der Waals surface area contributed by atoms with Crippen LogP contribution in [0.15, 0.2) is 0 Å². The molecule has 78 valence electrons. The minimum absolute atomic E-state index is 0.355. The average Bonchev–Trinajstić information content (AvgIpc) is 2.95. The molecule has 1 unspecified atom stereocenters. The molecule has 3 heteroatoms. The first-order valence-electron chi connectivity index (χ1n) is 5.56. The molecule has 0 saturated carbocycles. The molecule has 13 heavy (non-hydrogen) atoms. The largest absolute Gasteiger partial charge is 0.379 e. The Balaban J connectivity index is 1.81. The maximum atomic E-state index is 5.49. The minimum atomic E-state index is -0.355. The summed E-state index contributed by atoms with van der Waals surface area (Å²) in [6.45, 7) is 7.35. The summed E-state index contributed by atoms with van der Waals surface area (Å²) in [5.74, 6) is 0. The summed E-state index contributed by atoms with van der Waals surface area (Å²) in [7, 11) is -0.355. The van der Waals surface area contributed by atoms with Crippen molar-refractivity contribution in [3.05, 3.63) is 0 Å². The number of rotatable bonds is 8. The number of hydrogen-bond donors (Lipinski definition) is 0. The van der Waals surface area contributed by atoms with E-state index in [1.165, 1.54) is 24.6 Å². The van der Waals surface area contributed by atoms with Crippen LogP contribution in [0.2, 0.25) is 18.1 Å². The van der Waals surface area contributed by atoms with Gasteiger partial charge in [-0.3, -0.25) is 0 Å². The standard InChI is InChI=1S/C10H22O2Si/c1-3-13(4-2)7-5-6-11-8-10-9-12-10/h10,13H,3-9H2,1-2H3. The molecule has 1 rings (SSSR count). The summed E-state index contributed by atoms with van der Waals surface area (Å²) in [4.78, 5) is 0. The molecule has 0 aliphatic carbocycles. The van der Waals surface area contributed by atoms with E-state index in [9.17, 15) is 0 Å². The lowest BCUT2D eigenvalue weighted by Gasteiger charge is -2.09. The fraction of sp³-hybridized carbons (Fsp3) is 1.00. The van der Waals surface area contributed by atoms with Crippen molar-refractivity contribution < 1.29 is 9.47 Å². The van der Waals surface area contributed by atoms with Crippen LogP contribution in [0.5, 0.6) is 0 Å². The van der Waals surface area contributed by atoms with Crippen LogP contribution in [0.25, 0.3) is 0 Å². The fourth-order valence-corrected chi connectivity index (χ4v) is 3.69. The van der Waals surface area contributed by atoms with Gasteiger partial charge >= 0.3 is 0 Å². The Hall–Kier alpha value is 0.137. The third kappa shape index (κ3) is 5.44. The average molecular weight is 202 g/mol. The third-order valence-corrected chi connectivity index (χ3v) is 6.30. The van der Waals surface area contributed by atoms with Gasteiger partial charge in [-0.05, 0) is 6.42 Å². The monoisotopic (exact) mass is 202 g/mol. The van der Waals surface area contributed by atoms with E-state index in [0.29, 0.717) is 6.10 Å². The lowest BCUT2D eigenvalue weighted by atomic mass is 10.5. The van der Waals surface area contributed by atoms with Gasteiger partial charge in [0.2, 0.25) is 0 Å². The molecule has 0 spiro atoms. The SMILES string of the molecule is CC[SiH](CC)CCCOCC1CO1. The van der Waals surface area contributed by atoms with Crippen molar-refractivity contribution in [3.63, 3.8) is 0 Å². The number of ether oxygens (including phenoxy) is 2. The number of epoxide rings is 1. The topological polar surface area (TPSA) is 21.8 Å². The van der Waals surface area contributed by atoms with Gasteiger partial charge in [-0.15, -0.1) is 0 Å². The molecular formula is C10H22O2Si. The maximum Gasteiger partial charge on any atom is 0.104 e. The van der Waals surface area contributed by atoms with E-state index in [4.69, 9.17) is 9.47 Å². The number of hydrogen-bond acceptors (Lipinski definition) is 2. The van der Waals surface area contributed by atoms with Gasteiger partial charge in [0.15, 0.2) is 0 Å². The van der Waals surface area contributed by atoms with Gasteiger partial charge in [0, 0.05) is 15.4 Å². The van der Waals surface area contributed by atoms with Crippen LogP contribution in [0, 0.1) is 0 Å². The highest BCUT2D eigenvalue weighted by atomic mass is 28.3. The van der Waals surface area contributed by atoms with E-state index < -0.39 is 0 Å². The molecular weight excluding hydrogens is 180 g/mol. The molecule has 0 N–H and O–H groups in total. The first-order chi connectivity index (χ1) is 6.36. The van der Waals surface area contributed by atoms with E-state index in [1.807, 2.05) is 0 Å². The van der Waals surface area contributed by atoms with Crippen LogP contribution in [0.3, 0.4) is 0 Å². The molecule has 1 heterocycles. The molecule has 0 aromatic rings. The zero-order valence-corrected chi connectivity index (χ0v) is 10.1. The van der Waals surface area contributed by atoms with Gasteiger partial charge in [0.05, 0.1) is 13.2 Å². The summed E-state index contributed by atoms with van der Waals surface area (Å²) in [5.41, 5.74) is 0. The Labute approximate surface area is 83.2 Å². The highest BCUT2D eigenvalue weighted by molar-refractivity contribution is 6.58. The van der Waals surface area contributed by atoms with Gasteiger partial charge in [0.25, 0.3) is 0 Å². The lowest BCUT2D eigenvalue weighted by Crippen LogP contribution is -2.10. The van der Waals surface area contributed by atoms with E-state index in [2.05, 4.69) is 13.8 Å². The zero-order valence-electron chi connectivity index (χ0n) is 8.92. The van der Waals surface area contributed by atoms with Crippen molar-refractivity contribution in [2.75, 3.05) is 19.8 Å². The Morgan fingerprint density at radius 3 is 2.62 bits per heavy atom. The molecule has 1 fully saturated rings. The third-order valence-electron chi connectivity index (χ3n) is 2.76. The normalized spacial score (nSPS) is 21.0. The maximum absolute atomic E-state index is 5.49. The second-order valence-electron chi connectivity index (χ2n) is 3.86. The molecule has 1 aliphatic heterocycles. The van der Waals surface area contributed by atoms with Gasteiger partial charge < -0.3 is 9.47 Å². The quantitative estimate of drug-likeness (QED) is 0.341. The summed E-state index contributed by atoms with van der Waals surface area (Å²) < 4.78 is 10.6. The molecule has 1 saturated heterocycles. The fourth-order valence-electron chi connectivity index (χ4n) is 1.55. The van der Waals surface area contributed by atoms with Gasteiger partial charge in [-0.25, -0.2) is 0 Å². The first kappa shape index (κ1) is 11.2. The summed E-state index contributed by atoms with van der Waals surface area (Å²) >= 11 is 0. The summed E-state index contributed by atoms with van der Waals surface area (Å²) in [5, 5.41) is 0. The predicted octanol–water partition coefficient (Wildman–Crippen LogP) is 2.06. The highest BCUT2D eigenvalue weighted by Crippen LogP contribution is 2.10. The Bertz CT molecular complexity index is 122. The van der Waals surface area contributed by atoms with Gasteiger partial charge in [-0.2, -0.15) is 0 Å². The first-order valence-corrected chi connectivity index (χ1v) is 8.01. The van der Waals surface area contributed by atoms with Crippen LogP contribution in [0.1, 0.15) is 20.3 Å². The molecule has 0 bridgehead atoms. The van der Waals surface area contributed by atoms with E-state index in [-0.39, 0.29) is 8.80 Å². The van der Waals surface area contributed by atoms with Gasteiger partial charge in [-0.1, -0.05) is 32.0 Å². The van der Waals surface area contributed by atoms with E-state index >= 15 is 0 Å².